The molecule has 0 bridgehead atoms. The van der Waals surface area contributed by atoms with E-state index in [0.29, 0.717) is 25.2 Å². The third kappa shape index (κ3) is 5.47. The third-order valence-corrected chi connectivity index (χ3v) is 5.36. The Hall–Kier alpha value is -2.57. The SMILES string of the molecule is O=S(=O)(CCc1ccccc1)NCCc1cnc(-c2ccccc2)nc1. The molecule has 0 atom stereocenters. The minimum absolute atomic E-state index is 0.0838. The molecule has 3 aromatic rings. The smallest absolute Gasteiger partial charge is 0.211 e. The number of hydrogen-bond donors (Lipinski definition) is 1. The molecular weight excluding hydrogens is 346 g/mol. The summed E-state index contributed by atoms with van der Waals surface area (Å²) in [6.07, 6.45) is 4.55. The van der Waals surface area contributed by atoms with Crippen LogP contribution in [-0.4, -0.2) is 30.7 Å². The van der Waals surface area contributed by atoms with Crippen LogP contribution in [0.4, 0.5) is 0 Å². The van der Waals surface area contributed by atoms with E-state index in [4.69, 9.17) is 0 Å². The molecule has 0 aliphatic rings. The van der Waals surface area contributed by atoms with Gasteiger partial charge in [-0.15, -0.1) is 0 Å². The van der Waals surface area contributed by atoms with Crippen molar-refractivity contribution in [3.8, 4) is 11.4 Å². The molecule has 0 radical (unpaired) electrons. The fourth-order valence-corrected chi connectivity index (χ4v) is 3.60. The van der Waals surface area contributed by atoms with Gasteiger partial charge in [0.25, 0.3) is 0 Å². The van der Waals surface area contributed by atoms with Crippen LogP contribution in [0, 0.1) is 0 Å². The standard InChI is InChI=1S/C20H21N3O2S/c24-26(25,14-12-17-7-3-1-4-8-17)23-13-11-18-15-21-20(22-16-18)19-9-5-2-6-10-19/h1-10,15-16,23H,11-14H2. The molecule has 0 unspecified atom stereocenters. The molecule has 134 valence electrons. The van der Waals surface area contributed by atoms with Crippen molar-refractivity contribution in [2.75, 3.05) is 12.3 Å². The number of hydrogen-bond acceptors (Lipinski definition) is 4. The van der Waals surface area contributed by atoms with Crippen LogP contribution in [0.15, 0.2) is 73.1 Å². The fourth-order valence-electron chi connectivity index (χ4n) is 2.54. The number of nitrogens with zero attached hydrogens (tertiary/aromatic N) is 2. The summed E-state index contributed by atoms with van der Waals surface area (Å²) in [5.41, 5.74) is 2.87. The highest BCUT2D eigenvalue weighted by molar-refractivity contribution is 7.89. The van der Waals surface area contributed by atoms with Crippen LogP contribution < -0.4 is 4.72 Å². The fraction of sp³-hybridized carbons (Fsp3) is 0.200. The number of aryl methyl sites for hydroxylation is 1. The van der Waals surface area contributed by atoms with Crippen molar-refractivity contribution >= 4 is 10.0 Å². The Kier molecular flexibility index (Phi) is 6.09. The second-order valence-electron chi connectivity index (χ2n) is 5.98. The lowest BCUT2D eigenvalue weighted by atomic mass is 10.2. The van der Waals surface area contributed by atoms with Gasteiger partial charge in [-0.1, -0.05) is 60.7 Å². The molecule has 1 heterocycles. The molecule has 5 nitrogen and oxygen atoms in total. The van der Waals surface area contributed by atoms with E-state index in [9.17, 15) is 8.42 Å². The number of nitrogens with one attached hydrogen (secondary N) is 1. The quantitative estimate of drug-likeness (QED) is 0.664. The third-order valence-electron chi connectivity index (χ3n) is 3.98. The van der Waals surface area contributed by atoms with Crippen LogP contribution in [0.5, 0.6) is 0 Å². The van der Waals surface area contributed by atoms with Crippen molar-refractivity contribution < 1.29 is 8.42 Å². The predicted octanol–water partition coefficient (Wildman–Crippen LogP) is 2.85. The van der Waals surface area contributed by atoms with Crippen LogP contribution in [0.2, 0.25) is 0 Å². The summed E-state index contributed by atoms with van der Waals surface area (Å²) in [4.78, 5) is 8.70. The average molecular weight is 367 g/mol. The first-order chi connectivity index (χ1) is 12.6. The van der Waals surface area contributed by atoms with E-state index in [1.54, 1.807) is 12.4 Å². The van der Waals surface area contributed by atoms with Gasteiger partial charge >= 0.3 is 0 Å². The van der Waals surface area contributed by atoms with Gasteiger partial charge in [-0.3, -0.25) is 0 Å². The predicted molar refractivity (Wildman–Crippen MR) is 103 cm³/mol. The molecule has 0 spiro atoms. The molecule has 0 saturated heterocycles. The van der Waals surface area contributed by atoms with E-state index < -0.39 is 10.0 Å². The summed E-state index contributed by atoms with van der Waals surface area (Å²) < 4.78 is 26.8. The van der Waals surface area contributed by atoms with E-state index in [0.717, 1.165) is 16.7 Å². The summed E-state index contributed by atoms with van der Waals surface area (Å²) in [5.74, 6) is 0.748. The Morgan fingerprint density at radius 2 is 1.38 bits per heavy atom. The van der Waals surface area contributed by atoms with Crippen molar-refractivity contribution in [1.29, 1.82) is 0 Å². The first-order valence-electron chi connectivity index (χ1n) is 8.50. The molecule has 0 amide bonds. The second-order valence-corrected chi connectivity index (χ2v) is 7.91. The highest BCUT2D eigenvalue weighted by atomic mass is 32.2. The Morgan fingerprint density at radius 3 is 2.04 bits per heavy atom. The van der Waals surface area contributed by atoms with Crippen LogP contribution in [0.25, 0.3) is 11.4 Å². The van der Waals surface area contributed by atoms with Crippen molar-refractivity contribution in [3.63, 3.8) is 0 Å². The maximum Gasteiger partial charge on any atom is 0.211 e. The van der Waals surface area contributed by atoms with Gasteiger partial charge < -0.3 is 0 Å². The maximum atomic E-state index is 12.1. The van der Waals surface area contributed by atoms with E-state index in [1.165, 1.54) is 0 Å². The van der Waals surface area contributed by atoms with E-state index in [2.05, 4.69) is 14.7 Å². The Labute approximate surface area is 154 Å². The van der Waals surface area contributed by atoms with Gasteiger partial charge in [0.15, 0.2) is 5.82 Å². The minimum Gasteiger partial charge on any atom is -0.236 e. The summed E-state index contributed by atoms with van der Waals surface area (Å²) in [5, 5.41) is 0. The normalized spacial score (nSPS) is 11.4. The molecular formula is C20H21N3O2S. The van der Waals surface area contributed by atoms with E-state index in [-0.39, 0.29) is 5.75 Å². The van der Waals surface area contributed by atoms with Crippen LogP contribution in [0.3, 0.4) is 0 Å². The molecule has 0 fully saturated rings. The van der Waals surface area contributed by atoms with Crippen molar-refractivity contribution in [2.45, 2.75) is 12.8 Å². The monoisotopic (exact) mass is 367 g/mol. The first kappa shape index (κ1) is 18.2. The number of aromatic nitrogens is 2. The molecule has 0 saturated carbocycles. The first-order valence-corrected chi connectivity index (χ1v) is 10.2. The van der Waals surface area contributed by atoms with Gasteiger partial charge in [-0.05, 0) is 24.0 Å². The zero-order valence-corrected chi connectivity index (χ0v) is 15.2. The lowest BCUT2D eigenvalue weighted by Crippen LogP contribution is -2.29. The number of sulfonamides is 1. The largest absolute Gasteiger partial charge is 0.236 e. The van der Waals surface area contributed by atoms with Gasteiger partial charge in [0.2, 0.25) is 10.0 Å². The average Bonchev–Trinajstić information content (AvgIpc) is 2.68. The lowest BCUT2D eigenvalue weighted by molar-refractivity contribution is 0.581. The molecule has 6 heteroatoms. The molecule has 0 aliphatic heterocycles. The van der Waals surface area contributed by atoms with Crippen molar-refractivity contribution in [1.82, 2.24) is 14.7 Å². The van der Waals surface area contributed by atoms with Crippen molar-refractivity contribution in [3.05, 3.63) is 84.2 Å². The van der Waals surface area contributed by atoms with Crippen LogP contribution >= 0.6 is 0 Å². The number of benzene rings is 2. The number of rotatable bonds is 8. The van der Waals surface area contributed by atoms with Gasteiger partial charge in [-0.2, -0.15) is 0 Å². The summed E-state index contributed by atoms with van der Waals surface area (Å²) in [7, 11) is -3.29. The van der Waals surface area contributed by atoms with E-state index in [1.807, 2.05) is 60.7 Å². The van der Waals surface area contributed by atoms with Crippen molar-refractivity contribution in [2.24, 2.45) is 0 Å². The second kappa shape index (κ2) is 8.69. The van der Waals surface area contributed by atoms with Gasteiger partial charge in [0.05, 0.1) is 5.75 Å². The maximum absolute atomic E-state index is 12.1. The van der Waals surface area contributed by atoms with E-state index >= 15 is 0 Å². The molecule has 0 aliphatic carbocycles. The van der Waals surface area contributed by atoms with Crippen LogP contribution in [0.1, 0.15) is 11.1 Å². The molecule has 1 aromatic heterocycles. The summed E-state index contributed by atoms with van der Waals surface area (Å²) in [6, 6.07) is 19.3. The zero-order valence-electron chi connectivity index (χ0n) is 14.4. The topological polar surface area (TPSA) is 72.0 Å². The zero-order chi connectivity index (χ0) is 18.2. The molecule has 2 aromatic carbocycles. The Bertz CT molecular complexity index is 912. The molecule has 3 rings (SSSR count). The highest BCUT2D eigenvalue weighted by Crippen LogP contribution is 2.13. The minimum atomic E-state index is -3.29. The summed E-state index contributed by atoms with van der Waals surface area (Å²) >= 11 is 0. The molecule has 1 N–H and O–H groups in total. The van der Waals surface area contributed by atoms with Gasteiger partial charge in [0, 0.05) is 24.5 Å². The highest BCUT2D eigenvalue weighted by Gasteiger charge is 2.10. The van der Waals surface area contributed by atoms with Gasteiger partial charge in [-0.25, -0.2) is 23.1 Å². The lowest BCUT2D eigenvalue weighted by Gasteiger charge is -2.07. The Morgan fingerprint density at radius 1 is 0.769 bits per heavy atom. The van der Waals surface area contributed by atoms with Crippen LogP contribution in [-0.2, 0) is 22.9 Å². The molecule has 26 heavy (non-hydrogen) atoms. The Balaban J connectivity index is 1.48. The van der Waals surface area contributed by atoms with Gasteiger partial charge in [0.1, 0.15) is 0 Å². The summed E-state index contributed by atoms with van der Waals surface area (Å²) in [6.45, 7) is 0.338.